The van der Waals surface area contributed by atoms with E-state index in [1.165, 1.54) is 19.1 Å². The number of carbonyl (C=O) groups excluding carboxylic acids is 1. The van der Waals surface area contributed by atoms with Gasteiger partial charge in [0.05, 0.1) is 10.9 Å². The molecule has 1 N–H and O–H groups in total. The largest absolute Gasteiger partial charge is 0.341 e. The minimum Gasteiger partial charge on any atom is -0.341 e. The van der Waals surface area contributed by atoms with Crippen LogP contribution in [0.2, 0.25) is 0 Å². The zero-order valence-electron chi connectivity index (χ0n) is 15.2. The van der Waals surface area contributed by atoms with Gasteiger partial charge in [-0.2, -0.15) is 4.68 Å². The number of aromatic nitrogens is 2. The van der Waals surface area contributed by atoms with Gasteiger partial charge < -0.3 is 4.90 Å². The maximum atomic E-state index is 13.7. The Morgan fingerprint density at radius 3 is 2.43 bits per heavy atom. The lowest BCUT2D eigenvalue weighted by Crippen LogP contribution is -2.38. The molecule has 1 aromatic heterocycles. The molecule has 4 rings (SSSR count). The van der Waals surface area contributed by atoms with Crippen LogP contribution in [0.5, 0.6) is 0 Å². The Labute approximate surface area is 159 Å². The van der Waals surface area contributed by atoms with Gasteiger partial charge in [-0.25, -0.2) is 13.8 Å². The fraction of sp³-hybridized carbons (Fsp3) is 0.250. The molecule has 1 aliphatic heterocycles. The highest BCUT2D eigenvalue weighted by atomic mass is 19.1. The van der Waals surface area contributed by atoms with E-state index < -0.39 is 23.1 Å². The van der Waals surface area contributed by atoms with Crippen LogP contribution < -0.4 is 15.9 Å². The maximum absolute atomic E-state index is 13.7. The van der Waals surface area contributed by atoms with Crippen molar-refractivity contribution in [3.8, 4) is 11.1 Å². The smallest absolute Gasteiger partial charge is 0.281 e. The quantitative estimate of drug-likeness (QED) is 0.754. The van der Waals surface area contributed by atoms with Crippen LogP contribution in [-0.4, -0.2) is 28.7 Å². The van der Waals surface area contributed by atoms with Crippen molar-refractivity contribution in [2.45, 2.75) is 19.8 Å². The first-order valence-corrected chi connectivity index (χ1v) is 8.99. The molecular weight excluding hydrogens is 366 g/mol. The van der Waals surface area contributed by atoms with Gasteiger partial charge in [-0.1, -0.05) is 12.1 Å². The molecule has 28 heavy (non-hydrogen) atoms. The van der Waals surface area contributed by atoms with Crippen molar-refractivity contribution in [1.29, 1.82) is 0 Å². The molecule has 0 atom stereocenters. The van der Waals surface area contributed by atoms with E-state index in [1.54, 1.807) is 18.2 Å². The number of carbonyl (C=O) groups is 1. The molecule has 0 aliphatic carbocycles. The van der Waals surface area contributed by atoms with Gasteiger partial charge in [0.2, 0.25) is 11.9 Å². The van der Waals surface area contributed by atoms with E-state index in [4.69, 9.17) is 0 Å². The number of halogens is 2. The third kappa shape index (κ3) is 3.21. The van der Waals surface area contributed by atoms with E-state index in [0.717, 1.165) is 23.6 Å². The summed E-state index contributed by atoms with van der Waals surface area (Å²) in [6.45, 7) is 2.72. The second kappa shape index (κ2) is 7.03. The summed E-state index contributed by atoms with van der Waals surface area (Å²) in [4.78, 5) is 31.3. The van der Waals surface area contributed by atoms with Gasteiger partial charge in [-0.05, 0) is 36.6 Å². The monoisotopic (exact) mass is 384 g/mol. The van der Waals surface area contributed by atoms with Crippen molar-refractivity contribution < 1.29 is 13.6 Å². The normalized spacial score (nSPS) is 13.9. The molecular formula is C20H18F2N4O2. The predicted molar refractivity (Wildman–Crippen MR) is 103 cm³/mol. The van der Waals surface area contributed by atoms with Crippen molar-refractivity contribution in [2.24, 2.45) is 0 Å². The third-order valence-electron chi connectivity index (χ3n) is 4.71. The zero-order valence-corrected chi connectivity index (χ0v) is 15.2. The lowest BCUT2D eigenvalue weighted by Gasteiger charge is -2.22. The van der Waals surface area contributed by atoms with E-state index >= 15 is 0 Å². The van der Waals surface area contributed by atoms with Crippen LogP contribution in [0.15, 0.2) is 41.2 Å². The van der Waals surface area contributed by atoms with Gasteiger partial charge in [0.25, 0.3) is 5.56 Å². The van der Waals surface area contributed by atoms with Crippen LogP contribution in [0.25, 0.3) is 22.0 Å². The first kappa shape index (κ1) is 18.1. The predicted octanol–water partition coefficient (Wildman–Crippen LogP) is 3.03. The van der Waals surface area contributed by atoms with Crippen molar-refractivity contribution in [3.05, 3.63) is 58.4 Å². The van der Waals surface area contributed by atoms with Gasteiger partial charge in [0, 0.05) is 31.6 Å². The summed E-state index contributed by atoms with van der Waals surface area (Å²) < 4.78 is 28.6. The Morgan fingerprint density at radius 2 is 1.79 bits per heavy atom. The number of anilines is 1. The highest BCUT2D eigenvalue weighted by Gasteiger charge is 2.22. The van der Waals surface area contributed by atoms with Crippen LogP contribution >= 0.6 is 0 Å². The van der Waals surface area contributed by atoms with Crippen LogP contribution in [-0.2, 0) is 4.79 Å². The minimum atomic E-state index is -0.710. The molecule has 2 heterocycles. The molecule has 6 nitrogen and oxygen atoms in total. The van der Waals surface area contributed by atoms with E-state index in [9.17, 15) is 18.4 Å². The molecule has 3 aromatic rings. The molecule has 1 saturated heterocycles. The van der Waals surface area contributed by atoms with Crippen molar-refractivity contribution in [3.63, 3.8) is 0 Å². The van der Waals surface area contributed by atoms with Gasteiger partial charge in [0.1, 0.15) is 11.6 Å². The standard InChI is InChI=1S/C20H18F2N4O2/c1-12(27)24-26-19(28)17-6-4-5-16(13-9-14(21)11-15(22)10-13)18(17)23-20(26)25-7-2-3-8-25/h4-6,9-11H,2-3,7-8H2,1H3,(H,24,27). The summed E-state index contributed by atoms with van der Waals surface area (Å²) >= 11 is 0. The Hall–Kier alpha value is -3.29. The van der Waals surface area contributed by atoms with Crippen LogP contribution in [0.3, 0.4) is 0 Å². The molecule has 1 aliphatic rings. The molecule has 144 valence electrons. The molecule has 0 radical (unpaired) electrons. The van der Waals surface area contributed by atoms with E-state index in [2.05, 4.69) is 10.4 Å². The highest BCUT2D eigenvalue weighted by molar-refractivity contribution is 5.94. The second-order valence-electron chi connectivity index (χ2n) is 6.77. The van der Waals surface area contributed by atoms with Gasteiger partial charge in [-0.15, -0.1) is 0 Å². The molecule has 1 amide bonds. The minimum absolute atomic E-state index is 0.249. The fourth-order valence-corrected chi connectivity index (χ4v) is 3.53. The number of amides is 1. The Kier molecular flexibility index (Phi) is 4.54. The summed E-state index contributed by atoms with van der Waals surface area (Å²) in [6.07, 6.45) is 1.90. The molecule has 0 unspecified atom stereocenters. The molecule has 0 saturated carbocycles. The average Bonchev–Trinajstić information content (AvgIpc) is 3.17. The van der Waals surface area contributed by atoms with E-state index in [1.807, 2.05) is 4.90 Å². The topological polar surface area (TPSA) is 67.2 Å². The SMILES string of the molecule is CC(=O)Nn1c(N2CCCC2)nc2c(-c3cc(F)cc(F)c3)cccc2c1=O. The van der Waals surface area contributed by atoms with Crippen LogP contribution in [0.1, 0.15) is 19.8 Å². The van der Waals surface area contributed by atoms with Gasteiger partial charge in [-0.3, -0.25) is 15.0 Å². The third-order valence-corrected chi connectivity index (χ3v) is 4.71. The van der Waals surface area contributed by atoms with E-state index in [-0.39, 0.29) is 5.39 Å². The van der Waals surface area contributed by atoms with Crippen LogP contribution in [0, 0.1) is 11.6 Å². The lowest BCUT2D eigenvalue weighted by atomic mass is 10.0. The molecule has 2 aromatic carbocycles. The number of nitrogens with one attached hydrogen (secondary N) is 1. The fourth-order valence-electron chi connectivity index (χ4n) is 3.53. The number of fused-ring (bicyclic) bond motifs is 1. The Morgan fingerprint density at radius 1 is 1.11 bits per heavy atom. The average molecular weight is 384 g/mol. The van der Waals surface area contributed by atoms with Crippen LogP contribution in [0.4, 0.5) is 14.7 Å². The number of rotatable bonds is 3. The molecule has 0 spiro atoms. The van der Waals surface area contributed by atoms with Gasteiger partial charge >= 0.3 is 0 Å². The first-order chi connectivity index (χ1) is 13.4. The summed E-state index contributed by atoms with van der Waals surface area (Å²) in [5, 5.41) is 0.249. The second-order valence-corrected chi connectivity index (χ2v) is 6.77. The number of benzene rings is 2. The zero-order chi connectivity index (χ0) is 19.8. The summed E-state index contributed by atoms with van der Waals surface area (Å²) in [5.41, 5.74) is 3.16. The number of hydrogen-bond donors (Lipinski definition) is 1. The van der Waals surface area contributed by atoms with Gasteiger partial charge in [0.15, 0.2) is 0 Å². The highest BCUT2D eigenvalue weighted by Crippen LogP contribution is 2.29. The molecule has 1 fully saturated rings. The maximum Gasteiger partial charge on any atom is 0.281 e. The van der Waals surface area contributed by atoms with Crippen molar-refractivity contribution >= 4 is 22.8 Å². The summed E-state index contributed by atoms with van der Waals surface area (Å²) in [5.74, 6) is -1.50. The van der Waals surface area contributed by atoms with E-state index in [0.29, 0.717) is 35.7 Å². The number of nitrogens with zero attached hydrogens (tertiary/aromatic N) is 3. The van der Waals surface area contributed by atoms with Crippen molar-refractivity contribution in [2.75, 3.05) is 23.4 Å². The first-order valence-electron chi connectivity index (χ1n) is 8.99. The summed E-state index contributed by atoms with van der Waals surface area (Å²) in [7, 11) is 0. The number of para-hydroxylation sites is 1. The Balaban J connectivity index is 2.01. The molecule has 0 bridgehead atoms. The lowest BCUT2D eigenvalue weighted by molar-refractivity contribution is -0.115. The number of hydrogen-bond acceptors (Lipinski definition) is 4. The van der Waals surface area contributed by atoms with Crippen molar-refractivity contribution in [1.82, 2.24) is 9.66 Å². The Bertz CT molecular complexity index is 1120. The molecule has 8 heteroatoms. The summed E-state index contributed by atoms with van der Waals surface area (Å²) in [6, 6.07) is 8.07.